The lowest BCUT2D eigenvalue weighted by atomic mass is 10.0. The van der Waals surface area contributed by atoms with Crippen LogP contribution in [0.4, 0.5) is 4.79 Å². The second kappa shape index (κ2) is 6.78. The van der Waals surface area contributed by atoms with Gasteiger partial charge in [0.15, 0.2) is 0 Å². The molecule has 2 fully saturated rings. The summed E-state index contributed by atoms with van der Waals surface area (Å²) in [4.78, 5) is 13.8. The van der Waals surface area contributed by atoms with Gasteiger partial charge in [-0.2, -0.15) is 4.31 Å². The van der Waals surface area contributed by atoms with Crippen molar-refractivity contribution >= 4 is 32.0 Å². The molecule has 2 heterocycles. The molecule has 0 aromatic heterocycles. The minimum absolute atomic E-state index is 0.0664. The summed E-state index contributed by atoms with van der Waals surface area (Å²) in [5.74, 6) is 0. The molecular weight excluding hydrogens is 384 g/mol. The highest BCUT2D eigenvalue weighted by molar-refractivity contribution is 9.10. The van der Waals surface area contributed by atoms with Gasteiger partial charge in [0.05, 0.1) is 11.5 Å². The number of benzene rings is 1. The van der Waals surface area contributed by atoms with Crippen LogP contribution >= 0.6 is 15.9 Å². The van der Waals surface area contributed by atoms with E-state index >= 15 is 0 Å². The average molecular weight is 403 g/mol. The maximum absolute atomic E-state index is 12.7. The molecule has 23 heavy (non-hydrogen) atoms. The summed E-state index contributed by atoms with van der Waals surface area (Å²) < 4.78 is 32.7. The molecule has 0 spiro atoms. The lowest BCUT2D eigenvalue weighted by Crippen LogP contribution is -2.50. The second-order valence-electron chi connectivity index (χ2n) is 5.75. The molecule has 126 valence electrons. The molecule has 2 aliphatic rings. The van der Waals surface area contributed by atoms with Crippen molar-refractivity contribution in [3.05, 3.63) is 28.7 Å². The molecule has 8 heteroatoms. The SMILES string of the molecule is O=C1OCCCN1C1CCN(S(=O)(=O)c2cccc(Br)c2)CC1. The normalized spacial score (nSPS) is 21.3. The molecule has 0 atom stereocenters. The third-order valence-electron chi connectivity index (χ3n) is 4.30. The number of carbonyl (C=O) groups excluding carboxylic acids is 1. The van der Waals surface area contributed by atoms with Crippen LogP contribution in [0.2, 0.25) is 0 Å². The van der Waals surface area contributed by atoms with Crippen LogP contribution < -0.4 is 0 Å². The zero-order valence-electron chi connectivity index (χ0n) is 12.7. The van der Waals surface area contributed by atoms with Crippen LogP contribution in [0.1, 0.15) is 19.3 Å². The standard InChI is InChI=1S/C15H19BrN2O4S/c16-12-3-1-4-14(11-12)23(20,21)17-8-5-13(6-9-17)18-7-2-10-22-15(18)19/h1,3-4,11,13H,2,5-10H2. The Balaban J connectivity index is 1.67. The summed E-state index contributed by atoms with van der Waals surface area (Å²) >= 11 is 3.31. The van der Waals surface area contributed by atoms with Crippen LogP contribution in [0.3, 0.4) is 0 Å². The number of carbonyl (C=O) groups is 1. The fourth-order valence-corrected chi connectivity index (χ4v) is 5.14. The molecule has 1 aromatic rings. The summed E-state index contributed by atoms with van der Waals surface area (Å²) in [5.41, 5.74) is 0. The van der Waals surface area contributed by atoms with Gasteiger partial charge in [0, 0.05) is 30.1 Å². The molecule has 0 radical (unpaired) electrons. The molecular formula is C15H19BrN2O4S. The van der Waals surface area contributed by atoms with E-state index in [-0.39, 0.29) is 12.1 Å². The summed E-state index contributed by atoms with van der Waals surface area (Å²) in [6.45, 7) is 2.01. The highest BCUT2D eigenvalue weighted by atomic mass is 79.9. The number of hydrogen-bond donors (Lipinski definition) is 0. The second-order valence-corrected chi connectivity index (χ2v) is 8.61. The van der Waals surface area contributed by atoms with Gasteiger partial charge >= 0.3 is 6.09 Å². The van der Waals surface area contributed by atoms with E-state index in [4.69, 9.17) is 4.74 Å². The number of hydrogen-bond acceptors (Lipinski definition) is 4. The van der Waals surface area contributed by atoms with Crippen molar-refractivity contribution in [1.82, 2.24) is 9.21 Å². The van der Waals surface area contributed by atoms with Crippen molar-refractivity contribution in [2.45, 2.75) is 30.2 Å². The molecule has 0 aliphatic carbocycles. The molecule has 3 rings (SSSR count). The summed E-state index contributed by atoms with van der Waals surface area (Å²) in [7, 11) is -3.48. The van der Waals surface area contributed by atoms with Gasteiger partial charge in [0.1, 0.15) is 0 Å². The minimum atomic E-state index is -3.48. The number of cyclic esters (lactones) is 1. The van der Waals surface area contributed by atoms with Gasteiger partial charge in [-0.3, -0.25) is 0 Å². The number of amides is 1. The zero-order chi connectivity index (χ0) is 16.4. The van der Waals surface area contributed by atoms with Crippen LogP contribution in [0.5, 0.6) is 0 Å². The van der Waals surface area contributed by atoms with Gasteiger partial charge in [-0.1, -0.05) is 22.0 Å². The lowest BCUT2D eigenvalue weighted by molar-refractivity contribution is 0.0442. The Morgan fingerprint density at radius 3 is 2.57 bits per heavy atom. The number of nitrogens with zero attached hydrogens (tertiary/aromatic N) is 2. The molecule has 0 unspecified atom stereocenters. The van der Waals surface area contributed by atoms with Gasteiger partial charge < -0.3 is 9.64 Å². The van der Waals surface area contributed by atoms with Crippen LogP contribution in [-0.2, 0) is 14.8 Å². The first-order valence-corrected chi connectivity index (χ1v) is 9.91. The Bertz CT molecular complexity index is 686. The lowest BCUT2D eigenvalue weighted by Gasteiger charge is -2.39. The Morgan fingerprint density at radius 2 is 1.91 bits per heavy atom. The Morgan fingerprint density at radius 1 is 1.17 bits per heavy atom. The van der Waals surface area contributed by atoms with E-state index in [0.29, 0.717) is 44.0 Å². The van der Waals surface area contributed by atoms with E-state index in [1.807, 2.05) is 0 Å². The number of sulfonamides is 1. The maximum Gasteiger partial charge on any atom is 0.410 e. The number of ether oxygens (including phenoxy) is 1. The van der Waals surface area contributed by atoms with Gasteiger partial charge in [-0.15, -0.1) is 0 Å². The Kier molecular flexibility index (Phi) is 4.93. The third kappa shape index (κ3) is 3.54. The first-order chi connectivity index (χ1) is 11.0. The number of halogens is 1. The first-order valence-electron chi connectivity index (χ1n) is 7.67. The van der Waals surface area contributed by atoms with E-state index < -0.39 is 10.0 Å². The van der Waals surface area contributed by atoms with E-state index in [2.05, 4.69) is 15.9 Å². The van der Waals surface area contributed by atoms with Crippen molar-refractivity contribution in [1.29, 1.82) is 0 Å². The van der Waals surface area contributed by atoms with Crippen LogP contribution in [0.25, 0.3) is 0 Å². The molecule has 0 N–H and O–H groups in total. The van der Waals surface area contributed by atoms with Crippen molar-refractivity contribution < 1.29 is 17.9 Å². The molecule has 1 aromatic carbocycles. The van der Waals surface area contributed by atoms with Gasteiger partial charge in [0.2, 0.25) is 10.0 Å². The quantitative estimate of drug-likeness (QED) is 0.778. The van der Waals surface area contributed by atoms with Gasteiger partial charge in [-0.05, 0) is 37.5 Å². The topological polar surface area (TPSA) is 66.9 Å². The average Bonchev–Trinajstić information content (AvgIpc) is 2.55. The molecule has 2 aliphatic heterocycles. The molecule has 2 saturated heterocycles. The summed E-state index contributed by atoms with van der Waals surface area (Å²) in [6.07, 6.45) is 1.84. The zero-order valence-corrected chi connectivity index (χ0v) is 15.1. The monoisotopic (exact) mass is 402 g/mol. The summed E-state index contributed by atoms with van der Waals surface area (Å²) in [6, 6.07) is 6.80. The number of piperidine rings is 1. The largest absolute Gasteiger partial charge is 0.449 e. The maximum atomic E-state index is 12.7. The van der Waals surface area contributed by atoms with Gasteiger partial charge in [-0.25, -0.2) is 13.2 Å². The smallest absolute Gasteiger partial charge is 0.410 e. The Labute approximate surface area is 144 Å². The Hall–Kier alpha value is -1.12. The predicted molar refractivity (Wildman–Crippen MR) is 88.6 cm³/mol. The molecule has 0 bridgehead atoms. The fraction of sp³-hybridized carbons (Fsp3) is 0.533. The van der Waals surface area contributed by atoms with Crippen LogP contribution in [0.15, 0.2) is 33.6 Å². The highest BCUT2D eigenvalue weighted by Gasteiger charge is 2.34. The predicted octanol–water partition coefficient (Wildman–Crippen LogP) is 2.44. The van der Waals surface area contributed by atoms with E-state index in [1.54, 1.807) is 29.2 Å². The first kappa shape index (κ1) is 16.7. The van der Waals surface area contributed by atoms with Crippen molar-refractivity contribution in [3.8, 4) is 0 Å². The van der Waals surface area contributed by atoms with Crippen molar-refractivity contribution in [3.63, 3.8) is 0 Å². The van der Waals surface area contributed by atoms with Crippen molar-refractivity contribution in [2.75, 3.05) is 26.2 Å². The van der Waals surface area contributed by atoms with Crippen LogP contribution in [-0.4, -0.2) is 56.0 Å². The van der Waals surface area contributed by atoms with Gasteiger partial charge in [0.25, 0.3) is 0 Å². The van der Waals surface area contributed by atoms with E-state index in [9.17, 15) is 13.2 Å². The van der Waals surface area contributed by atoms with E-state index in [0.717, 1.165) is 10.9 Å². The van der Waals surface area contributed by atoms with E-state index in [1.165, 1.54) is 4.31 Å². The molecule has 0 saturated carbocycles. The fourth-order valence-electron chi connectivity index (χ4n) is 3.07. The van der Waals surface area contributed by atoms with Crippen LogP contribution in [0, 0.1) is 0 Å². The number of rotatable bonds is 3. The molecule has 1 amide bonds. The molecule has 6 nitrogen and oxygen atoms in total. The van der Waals surface area contributed by atoms with Crippen molar-refractivity contribution in [2.24, 2.45) is 0 Å². The minimum Gasteiger partial charge on any atom is -0.449 e. The summed E-state index contributed by atoms with van der Waals surface area (Å²) in [5, 5.41) is 0. The third-order valence-corrected chi connectivity index (χ3v) is 6.69. The highest BCUT2D eigenvalue weighted by Crippen LogP contribution is 2.26.